The summed E-state index contributed by atoms with van der Waals surface area (Å²) in [6.07, 6.45) is 11.2. The lowest BCUT2D eigenvalue weighted by Gasteiger charge is -2.29. The predicted octanol–water partition coefficient (Wildman–Crippen LogP) is 7.44. The lowest BCUT2D eigenvalue weighted by atomic mass is 9.83. The molecule has 2 aliphatic rings. The monoisotopic (exact) mass is 498 g/mol. The largest absolute Gasteiger partial charge is 0.493 e. The van der Waals surface area contributed by atoms with E-state index in [1.165, 1.54) is 45.1 Å². The summed E-state index contributed by atoms with van der Waals surface area (Å²) < 4.78 is 6.25. The lowest BCUT2D eigenvalue weighted by Crippen LogP contribution is -2.34. The highest BCUT2D eigenvalue weighted by atomic mass is 35.5. The van der Waals surface area contributed by atoms with Crippen LogP contribution in [0.1, 0.15) is 61.8 Å². The second kappa shape index (κ2) is 11.5. The van der Waals surface area contributed by atoms with Crippen molar-refractivity contribution in [1.29, 1.82) is 0 Å². The van der Waals surface area contributed by atoms with Crippen LogP contribution in [0, 0.1) is 30.1 Å². The summed E-state index contributed by atoms with van der Waals surface area (Å²) in [4.78, 5) is 4.52. The van der Waals surface area contributed by atoms with Gasteiger partial charge in [0, 0.05) is 28.9 Å². The van der Waals surface area contributed by atoms with Crippen LogP contribution >= 0.6 is 11.6 Å². The molecule has 2 aromatic carbocycles. The third-order valence-electron chi connectivity index (χ3n) is 7.63. The second-order valence-electron chi connectivity index (χ2n) is 10.5. The normalized spacial score (nSPS) is 16.4. The van der Waals surface area contributed by atoms with Gasteiger partial charge in [-0.1, -0.05) is 48.6 Å². The lowest BCUT2D eigenvalue weighted by molar-refractivity contribution is 0.191. The zero-order valence-corrected chi connectivity index (χ0v) is 21.9. The smallest absolute Gasteiger partial charge is 0.122 e. The molecule has 0 aliphatic heterocycles. The van der Waals surface area contributed by atoms with Crippen LogP contribution in [-0.4, -0.2) is 24.7 Å². The highest BCUT2D eigenvalue weighted by molar-refractivity contribution is 6.30. The van der Waals surface area contributed by atoms with E-state index in [0.29, 0.717) is 5.41 Å². The third kappa shape index (κ3) is 6.69. The van der Waals surface area contributed by atoms with E-state index in [1.54, 1.807) is 0 Å². The Morgan fingerprint density at radius 2 is 1.78 bits per heavy atom. The molecule has 0 radical (unpaired) electrons. The van der Waals surface area contributed by atoms with E-state index in [1.807, 2.05) is 48.7 Å². The molecule has 4 heteroatoms. The second-order valence-corrected chi connectivity index (χ2v) is 11.0. The number of halogens is 1. The molecule has 36 heavy (non-hydrogen) atoms. The van der Waals surface area contributed by atoms with Crippen LogP contribution in [0.4, 0.5) is 0 Å². The van der Waals surface area contributed by atoms with Crippen LogP contribution in [0.5, 0.6) is 5.75 Å². The Labute approximate surface area is 220 Å². The Morgan fingerprint density at radius 1 is 1.00 bits per heavy atom. The molecule has 186 valence electrons. The molecule has 1 N–H and O–H groups in total. The first-order chi connectivity index (χ1) is 17.6. The van der Waals surface area contributed by atoms with Crippen molar-refractivity contribution < 1.29 is 4.74 Å². The molecule has 2 fully saturated rings. The van der Waals surface area contributed by atoms with Crippen molar-refractivity contribution in [3.63, 3.8) is 0 Å². The molecule has 3 nitrogen and oxygen atoms in total. The highest BCUT2D eigenvalue weighted by Gasteiger charge is 2.34. The fourth-order valence-electron chi connectivity index (χ4n) is 5.19. The van der Waals surface area contributed by atoms with E-state index in [0.717, 1.165) is 64.2 Å². The first-order valence-electron chi connectivity index (χ1n) is 13.3. The van der Waals surface area contributed by atoms with E-state index in [4.69, 9.17) is 16.3 Å². The van der Waals surface area contributed by atoms with Gasteiger partial charge >= 0.3 is 0 Å². The minimum Gasteiger partial charge on any atom is -0.493 e. The minimum atomic E-state index is 0.421. The molecule has 0 amide bonds. The number of ether oxygens (including phenoxy) is 1. The maximum absolute atomic E-state index is 6.25. The molecule has 0 bridgehead atoms. The number of hydrogen-bond acceptors (Lipinski definition) is 3. The van der Waals surface area contributed by atoms with Gasteiger partial charge < -0.3 is 10.1 Å². The van der Waals surface area contributed by atoms with Crippen LogP contribution in [0.25, 0.3) is 11.1 Å². The molecule has 0 spiro atoms. The summed E-state index contributed by atoms with van der Waals surface area (Å²) in [6.45, 7) is 5.23. The van der Waals surface area contributed by atoms with Crippen molar-refractivity contribution in [2.45, 2.75) is 51.9 Å². The van der Waals surface area contributed by atoms with Crippen LogP contribution in [-0.2, 0) is 0 Å². The highest BCUT2D eigenvalue weighted by Crippen LogP contribution is 2.41. The summed E-state index contributed by atoms with van der Waals surface area (Å²) in [6, 6.07) is 18.0. The molecule has 0 atom stereocenters. The molecule has 0 unspecified atom stereocenters. The Kier molecular flexibility index (Phi) is 7.95. The maximum Gasteiger partial charge on any atom is 0.122 e. The fraction of sp³-hybridized carbons (Fsp3) is 0.406. The number of pyridine rings is 1. The molecule has 2 aliphatic carbocycles. The predicted molar refractivity (Wildman–Crippen MR) is 148 cm³/mol. The number of hydrogen-bond donors (Lipinski definition) is 1. The SMILES string of the molecule is Cc1cc(C#Cc2ccc(-c3ccc(Cl)cc3)cn2)ccc1OCCC1(CNCC2CC2)CCCC1. The Balaban J connectivity index is 1.15. The average molecular weight is 499 g/mol. The van der Waals surface area contributed by atoms with Gasteiger partial charge in [-0.05, 0) is 110 Å². The number of aromatic nitrogens is 1. The van der Waals surface area contributed by atoms with Crippen molar-refractivity contribution >= 4 is 11.6 Å². The standard InChI is InChI=1S/C32H35ClN2O/c1-24-20-25(6-13-30-14-10-28(22-35-30)27-8-11-29(33)12-9-27)7-15-31(24)36-19-18-32(16-2-3-17-32)23-34-21-26-4-5-26/h7-12,14-15,20,22,26,34H,2-5,16-19,21,23H2,1H3. The van der Waals surface area contributed by atoms with Gasteiger partial charge in [-0.15, -0.1) is 0 Å². The van der Waals surface area contributed by atoms with Crippen molar-refractivity contribution in [3.05, 3.63) is 82.6 Å². The molecule has 1 heterocycles. The van der Waals surface area contributed by atoms with Crippen LogP contribution in [0.3, 0.4) is 0 Å². The van der Waals surface area contributed by atoms with E-state index >= 15 is 0 Å². The van der Waals surface area contributed by atoms with Gasteiger partial charge in [0.1, 0.15) is 11.4 Å². The van der Waals surface area contributed by atoms with E-state index in [9.17, 15) is 0 Å². The molecule has 2 saturated carbocycles. The fourth-order valence-corrected chi connectivity index (χ4v) is 5.31. The first-order valence-corrected chi connectivity index (χ1v) is 13.6. The maximum atomic E-state index is 6.25. The van der Waals surface area contributed by atoms with Gasteiger partial charge in [0.2, 0.25) is 0 Å². The van der Waals surface area contributed by atoms with Crippen molar-refractivity contribution in [2.24, 2.45) is 11.3 Å². The van der Waals surface area contributed by atoms with Gasteiger partial charge in [0.15, 0.2) is 0 Å². The van der Waals surface area contributed by atoms with Crippen molar-refractivity contribution in [2.75, 3.05) is 19.7 Å². The summed E-state index contributed by atoms with van der Waals surface area (Å²) in [5.41, 5.74) is 5.41. The molecule has 1 aromatic heterocycles. The molecular weight excluding hydrogens is 464 g/mol. The summed E-state index contributed by atoms with van der Waals surface area (Å²) in [5.74, 6) is 8.33. The molecule has 0 saturated heterocycles. The molecule has 3 aromatic rings. The Morgan fingerprint density at radius 3 is 2.47 bits per heavy atom. The first kappa shape index (κ1) is 24.9. The van der Waals surface area contributed by atoms with Gasteiger partial charge in [0.05, 0.1) is 6.61 Å². The van der Waals surface area contributed by atoms with Crippen LogP contribution in [0.15, 0.2) is 60.8 Å². The van der Waals surface area contributed by atoms with Gasteiger partial charge in [-0.25, -0.2) is 4.98 Å². The Hall–Kier alpha value is -2.80. The minimum absolute atomic E-state index is 0.421. The van der Waals surface area contributed by atoms with E-state index in [-0.39, 0.29) is 0 Å². The van der Waals surface area contributed by atoms with Crippen LogP contribution in [0.2, 0.25) is 5.02 Å². The van der Waals surface area contributed by atoms with E-state index < -0.39 is 0 Å². The van der Waals surface area contributed by atoms with Crippen LogP contribution < -0.4 is 10.1 Å². The quantitative estimate of drug-likeness (QED) is 0.311. The van der Waals surface area contributed by atoms with Gasteiger partial charge in [0.25, 0.3) is 0 Å². The van der Waals surface area contributed by atoms with Gasteiger partial charge in [-0.3, -0.25) is 0 Å². The number of nitrogens with zero attached hydrogens (tertiary/aromatic N) is 1. The van der Waals surface area contributed by atoms with Gasteiger partial charge in [-0.2, -0.15) is 0 Å². The number of nitrogens with one attached hydrogen (secondary N) is 1. The molecule has 5 rings (SSSR count). The topological polar surface area (TPSA) is 34.1 Å². The van der Waals surface area contributed by atoms with Crippen molar-refractivity contribution in [1.82, 2.24) is 10.3 Å². The zero-order chi connectivity index (χ0) is 24.8. The zero-order valence-electron chi connectivity index (χ0n) is 21.2. The third-order valence-corrected chi connectivity index (χ3v) is 7.89. The number of rotatable bonds is 9. The number of benzene rings is 2. The Bertz CT molecular complexity index is 1210. The summed E-state index contributed by atoms with van der Waals surface area (Å²) in [5, 5.41) is 4.49. The number of aryl methyl sites for hydroxylation is 1. The summed E-state index contributed by atoms with van der Waals surface area (Å²) in [7, 11) is 0. The molecular formula is C32H35ClN2O. The van der Waals surface area contributed by atoms with Crippen molar-refractivity contribution in [3.8, 4) is 28.7 Å². The summed E-state index contributed by atoms with van der Waals surface area (Å²) >= 11 is 5.98. The van der Waals surface area contributed by atoms with E-state index in [2.05, 4.69) is 41.2 Å². The average Bonchev–Trinajstić information content (AvgIpc) is 3.60.